The number of halogens is 1. The quantitative estimate of drug-likeness (QED) is 0.830. The van der Waals surface area contributed by atoms with Crippen molar-refractivity contribution in [2.24, 2.45) is 0 Å². The summed E-state index contributed by atoms with van der Waals surface area (Å²) in [6, 6.07) is 7.97. The lowest BCUT2D eigenvalue weighted by atomic mass is 10.2. The number of anilines is 1. The zero-order valence-corrected chi connectivity index (χ0v) is 11.6. The van der Waals surface area contributed by atoms with E-state index in [9.17, 15) is 4.79 Å². The number of carbonyl (C=O) groups excluding carboxylic acids is 1. The topological polar surface area (TPSA) is 23.6 Å². The van der Waals surface area contributed by atoms with Gasteiger partial charge >= 0.3 is 0 Å². The summed E-state index contributed by atoms with van der Waals surface area (Å²) in [5, 5.41) is 0.811. The maximum atomic E-state index is 11.3. The summed E-state index contributed by atoms with van der Waals surface area (Å²) in [5.41, 5.74) is 2.32. The number of ketones is 1. The monoisotopic (exact) mass is 276 g/mol. The number of carbonyl (C=O) groups is 1. The van der Waals surface area contributed by atoms with Gasteiger partial charge in [-0.05, 0) is 18.6 Å². The minimum atomic E-state index is 0.267. The first-order valence-electron chi connectivity index (χ1n) is 6.72. The highest BCUT2D eigenvalue weighted by Gasteiger charge is 2.23. The Bertz CT molecular complexity index is 519. The first kappa shape index (κ1) is 12.5. The zero-order chi connectivity index (χ0) is 13.2. The van der Waals surface area contributed by atoms with Gasteiger partial charge in [-0.3, -0.25) is 4.79 Å². The predicted octanol–water partition coefficient (Wildman–Crippen LogP) is 2.71. The lowest BCUT2D eigenvalue weighted by molar-refractivity contribution is -0.114. The molecule has 1 heterocycles. The van der Waals surface area contributed by atoms with Gasteiger partial charge < -0.3 is 9.80 Å². The van der Waals surface area contributed by atoms with Crippen molar-refractivity contribution in [2.75, 3.05) is 31.1 Å². The van der Waals surface area contributed by atoms with Crippen LogP contribution in [0.15, 0.2) is 36.0 Å². The first-order chi connectivity index (χ1) is 9.24. The van der Waals surface area contributed by atoms with Crippen molar-refractivity contribution >= 4 is 23.1 Å². The molecule has 2 aliphatic rings. The van der Waals surface area contributed by atoms with Gasteiger partial charge in [0.25, 0.3) is 0 Å². The summed E-state index contributed by atoms with van der Waals surface area (Å²) in [7, 11) is 0. The Balaban J connectivity index is 1.65. The van der Waals surface area contributed by atoms with Crippen molar-refractivity contribution in [3.05, 3.63) is 41.1 Å². The average Bonchev–Trinajstić information content (AvgIpc) is 2.86. The van der Waals surface area contributed by atoms with Crippen LogP contribution >= 0.6 is 11.6 Å². The predicted molar refractivity (Wildman–Crippen MR) is 77.6 cm³/mol. The Hall–Kier alpha value is -1.48. The van der Waals surface area contributed by atoms with Gasteiger partial charge in [-0.1, -0.05) is 23.7 Å². The minimum absolute atomic E-state index is 0.267. The summed E-state index contributed by atoms with van der Waals surface area (Å²) in [6.45, 7) is 3.83. The van der Waals surface area contributed by atoms with Gasteiger partial charge in [0.1, 0.15) is 0 Å². The molecule has 100 valence electrons. The fourth-order valence-corrected chi connectivity index (χ4v) is 3.03. The van der Waals surface area contributed by atoms with E-state index in [4.69, 9.17) is 11.6 Å². The van der Waals surface area contributed by atoms with Gasteiger partial charge in [0, 0.05) is 44.4 Å². The summed E-state index contributed by atoms with van der Waals surface area (Å²) in [4.78, 5) is 15.9. The van der Waals surface area contributed by atoms with Crippen molar-refractivity contribution in [2.45, 2.75) is 12.8 Å². The maximum absolute atomic E-state index is 11.3. The number of rotatable bonds is 2. The number of allylic oxidation sites excluding steroid dienone is 2. The Morgan fingerprint density at radius 3 is 2.26 bits per heavy atom. The molecule has 3 rings (SSSR count). The van der Waals surface area contributed by atoms with Gasteiger partial charge in [-0.25, -0.2) is 0 Å². The first-order valence-corrected chi connectivity index (χ1v) is 7.10. The van der Waals surface area contributed by atoms with E-state index in [-0.39, 0.29) is 5.78 Å². The molecule has 0 atom stereocenters. The molecule has 0 N–H and O–H groups in total. The molecular weight excluding hydrogens is 260 g/mol. The van der Waals surface area contributed by atoms with E-state index >= 15 is 0 Å². The normalized spacial score (nSPS) is 19.8. The van der Waals surface area contributed by atoms with Gasteiger partial charge in [0.2, 0.25) is 0 Å². The molecule has 0 amide bonds. The van der Waals surface area contributed by atoms with Crippen molar-refractivity contribution in [1.82, 2.24) is 4.90 Å². The van der Waals surface area contributed by atoms with Gasteiger partial charge in [0.15, 0.2) is 5.78 Å². The number of para-hydroxylation sites is 1. The van der Waals surface area contributed by atoms with Gasteiger partial charge in [-0.2, -0.15) is 0 Å². The van der Waals surface area contributed by atoms with Crippen LogP contribution in [0.25, 0.3) is 0 Å². The maximum Gasteiger partial charge on any atom is 0.157 e. The largest absolute Gasteiger partial charge is 0.371 e. The molecule has 1 saturated heterocycles. The van der Waals surface area contributed by atoms with E-state index in [1.54, 1.807) is 0 Å². The Morgan fingerprint density at radius 1 is 0.947 bits per heavy atom. The lowest BCUT2D eigenvalue weighted by Crippen LogP contribution is -2.45. The Kier molecular flexibility index (Phi) is 3.47. The molecule has 0 unspecified atom stereocenters. The molecule has 0 aromatic heterocycles. The SMILES string of the molecule is O=C1C=C(N2CCN(c3ccccc3Cl)CC2)CC1. The number of nitrogens with zero attached hydrogens (tertiary/aromatic N) is 2. The molecule has 1 fully saturated rings. The van der Waals surface area contributed by atoms with Crippen molar-refractivity contribution < 1.29 is 4.79 Å². The van der Waals surface area contributed by atoms with Crippen LogP contribution in [0.3, 0.4) is 0 Å². The standard InChI is InChI=1S/C15H17ClN2O/c16-14-3-1-2-4-15(14)18-9-7-17(8-10-18)12-5-6-13(19)11-12/h1-4,11H,5-10H2. The highest BCUT2D eigenvalue weighted by molar-refractivity contribution is 6.33. The van der Waals surface area contributed by atoms with Crippen LogP contribution in [-0.2, 0) is 4.79 Å². The van der Waals surface area contributed by atoms with Crippen molar-refractivity contribution in [3.8, 4) is 0 Å². The highest BCUT2D eigenvalue weighted by Crippen LogP contribution is 2.27. The molecule has 1 aliphatic heterocycles. The van der Waals surface area contributed by atoms with Crippen LogP contribution in [0.4, 0.5) is 5.69 Å². The number of benzene rings is 1. The van der Waals surface area contributed by atoms with Crippen LogP contribution in [0.2, 0.25) is 5.02 Å². The molecule has 4 heteroatoms. The lowest BCUT2D eigenvalue weighted by Gasteiger charge is -2.38. The molecule has 1 aromatic carbocycles. The molecule has 3 nitrogen and oxygen atoms in total. The molecule has 1 aliphatic carbocycles. The fraction of sp³-hybridized carbons (Fsp3) is 0.400. The fourth-order valence-electron chi connectivity index (χ4n) is 2.77. The summed E-state index contributed by atoms with van der Waals surface area (Å²) >= 11 is 6.23. The molecule has 1 aromatic rings. The Morgan fingerprint density at radius 2 is 1.63 bits per heavy atom. The second kappa shape index (κ2) is 5.25. The number of hydrogen-bond donors (Lipinski definition) is 0. The molecule has 19 heavy (non-hydrogen) atoms. The molecule has 0 saturated carbocycles. The summed E-state index contributed by atoms with van der Waals surface area (Å²) in [5.74, 6) is 0.267. The third kappa shape index (κ3) is 2.61. The van der Waals surface area contributed by atoms with E-state index in [1.165, 1.54) is 5.70 Å². The zero-order valence-electron chi connectivity index (χ0n) is 10.8. The minimum Gasteiger partial charge on any atom is -0.371 e. The van der Waals surface area contributed by atoms with Gasteiger partial charge in [0.05, 0.1) is 10.7 Å². The molecule has 0 bridgehead atoms. The van der Waals surface area contributed by atoms with Crippen LogP contribution in [0, 0.1) is 0 Å². The van der Waals surface area contributed by atoms with Gasteiger partial charge in [-0.15, -0.1) is 0 Å². The second-order valence-electron chi connectivity index (χ2n) is 5.03. The molecule has 0 spiro atoms. The number of piperazine rings is 1. The summed E-state index contributed by atoms with van der Waals surface area (Å²) in [6.07, 6.45) is 3.40. The average molecular weight is 277 g/mol. The van der Waals surface area contributed by atoms with E-state index in [0.717, 1.165) is 43.3 Å². The van der Waals surface area contributed by atoms with E-state index in [0.29, 0.717) is 6.42 Å². The van der Waals surface area contributed by atoms with Crippen molar-refractivity contribution in [3.63, 3.8) is 0 Å². The van der Waals surface area contributed by atoms with Crippen LogP contribution in [0.1, 0.15) is 12.8 Å². The summed E-state index contributed by atoms with van der Waals surface area (Å²) < 4.78 is 0. The third-order valence-electron chi connectivity index (χ3n) is 3.83. The van der Waals surface area contributed by atoms with E-state index < -0.39 is 0 Å². The highest BCUT2D eigenvalue weighted by atomic mass is 35.5. The third-order valence-corrected chi connectivity index (χ3v) is 4.15. The van der Waals surface area contributed by atoms with E-state index in [2.05, 4.69) is 15.9 Å². The Labute approximate surface area is 118 Å². The van der Waals surface area contributed by atoms with Crippen LogP contribution < -0.4 is 4.90 Å². The van der Waals surface area contributed by atoms with E-state index in [1.807, 2.05) is 24.3 Å². The van der Waals surface area contributed by atoms with Crippen LogP contribution in [-0.4, -0.2) is 36.9 Å². The molecular formula is C15H17ClN2O. The second-order valence-corrected chi connectivity index (χ2v) is 5.43. The molecule has 0 radical (unpaired) electrons. The van der Waals surface area contributed by atoms with Crippen molar-refractivity contribution in [1.29, 1.82) is 0 Å². The smallest absolute Gasteiger partial charge is 0.157 e. The number of hydrogen-bond acceptors (Lipinski definition) is 3. The van der Waals surface area contributed by atoms with Crippen LogP contribution in [0.5, 0.6) is 0 Å².